The molecule has 0 aliphatic carbocycles. The molecule has 10 heteroatoms. The fourth-order valence-corrected chi connectivity index (χ4v) is 3.49. The molecule has 0 aliphatic heterocycles. The van der Waals surface area contributed by atoms with Crippen molar-refractivity contribution < 1.29 is 24.2 Å². The van der Waals surface area contributed by atoms with Crippen LogP contribution in [0.2, 0.25) is 0 Å². The number of nitrogens with one attached hydrogen (secondary N) is 1. The number of imide groups is 1. The van der Waals surface area contributed by atoms with Gasteiger partial charge in [0.2, 0.25) is 5.91 Å². The molecule has 2 aromatic rings. The lowest BCUT2D eigenvalue weighted by molar-refractivity contribution is -0.172. The summed E-state index contributed by atoms with van der Waals surface area (Å²) >= 11 is 0. The fraction of sp³-hybridized carbons (Fsp3) is 0.333. The summed E-state index contributed by atoms with van der Waals surface area (Å²) in [7, 11) is 0. The van der Waals surface area contributed by atoms with Gasteiger partial charge in [0.25, 0.3) is 5.91 Å². The van der Waals surface area contributed by atoms with E-state index in [-0.39, 0.29) is 31.9 Å². The first-order valence-corrected chi connectivity index (χ1v) is 10.8. The highest BCUT2D eigenvalue weighted by molar-refractivity contribution is 6.01. The van der Waals surface area contributed by atoms with Crippen LogP contribution in [-0.4, -0.2) is 52.1 Å². The third-order valence-electron chi connectivity index (χ3n) is 5.09. The van der Waals surface area contributed by atoms with Gasteiger partial charge in [-0.05, 0) is 37.5 Å². The van der Waals surface area contributed by atoms with E-state index in [9.17, 15) is 19.5 Å². The predicted octanol–water partition coefficient (Wildman–Crippen LogP) is 1.45. The number of aliphatic imine (C=N–C) groups is 1. The normalized spacial score (nSPS) is 13.2. The number of benzene rings is 2. The minimum atomic E-state index is -2.05. The van der Waals surface area contributed by atoms with Gasteiger partial charge >= 0.3 is 5.97 Å². The Balaban J connectivity index is 2.40. The van der Waals surface area contributed by atoms with Crippen molar-refractivity contribution in [3.05, 3.63) is 66.2 Å². The van der Waals surface area contributed by atoms with E-state index in [1.54, 1.807) is 42.5 Å². The van der Waals surface area contributed by atoms with Crippen LogP contribution in [0.1, 0.15) is 32.3 Å². The topological polar surface area (TPSA) is 160 Å². The zero-order valence-corrected chi connectivity index (χ0v) is 19.3. The molecule has 6 N–H and O–H groups in total. The molecule has 34 heavy (non-hydrogen) atoms. The lowest BCUT2D eigenvalue weighted by Crippen LogP contribution is -2.68. The van der Waals surface area contributed by atoms with Crippen molar-refractivity contribution in [2.75, 3.05) is 6.54 Å². The molecule has 182 valence electrons. The molecule has 2 rings (SSSR count). The van der Waals surface area contributed by atoms with Crippen molar-refractivity contribution in [3.8, 4) is 5.75 Å². The van der Waals surface area contributed by atoms with E-state index in [4.69, 9.17) is 16.2 Å². The van der Waals surface area contributed by atoms with E-state index in [0.717, 1.165) is 17.4 Å². The predicted molar refractivity (Wildman–Crippen MR) is 128 cm³/mol. The number of hydrogen-bond donors (Lipinski definition) is 4. The molecule has 2 amide bonds. The third-order valence-corrected chi connectivity index (χ3v) is 5.09. The van der Waals surface area contributed by atoms with Gasteiger partial charge in [-0.25, -0.2) is 9.69 Å². The van der Waals surface area contributed by atoms with Crippen molar-refractivity contribution in [2.45, 2.75) is 45.0 Å². The molecule has 0 spiro atoms. The fourth-order valence-electron chi connectivity index (χ4n) is 3.49. The number of nitrogens with zero attached hydrogens (tertiary/aromatic N) is 2. The van der Waals surface area contributed by atoms with Gasteiger partial charge < -0.3 is 21.3 Å². The van der Waals surface area contributed by atoms with E-state index >= 15 is 0 Å². The molecule has 0 heterocycles. The van der Waals surface area contributed by atoms with E-state index in [0.29, 0.717) is 5.75 Å². The number of carboxylic acids is 1. The number of carboxylic acid groups (broad SMARTS) is 1. The molecule has 2 atom stereocenters. The van der Waals surface area contributed by atoms with Crippen LogP contribution in [0.5, 0.6) is 5.75 Å². The van der Waals surface area contributed by atoms with Crippen molar-refractivity contribution in [1.29, 1.82) is 0 Å². The molecule has 0 saturated heterocycles. The Hall–Kier alpha value is -3.92. The summed E-state index contributed by atoms with van der Waals surface area (Å²) in [5, 5.41) is 13.3. The SMILES string of the molecule is CC(=O)N(C(=O)C(C)Oc1ccccc1)[C@](CCCN=C(N)N)(NCc1ccccc1)C(=O)O. The molecule has 0 fully saturated rings. The van der Waals surface area contributed by atoms with E-state index in [2.05, 4.69) is 10.3 Å². The second-order valence-electron chi connectivity index (χ2n) is 7.68. The van der Waals surface area contributed by atoms with Crippen LogP contribution >= 0.6 is 0 Å². The number of guanidine groups is 1. The number of rotatable bonds is 12. The van der Waals surface area contributed by atoms with Crippen LogP contribution in [0.4, 0.5) is 0 Å². The largest absolute Gasteiger partial charge is 0.481 e. The van der Waals surface area contributed by atoms with Gasteiger partial charge in [0.05, 0.1) is 0 Å². The van der Waals surface area contributed by atoms with Crippen LogP contribution < -0.4 is 21.5 Å². The number of ether oxygens (including phenoxy) is 1. The lowest BCUT2D eigenvalue weighted by atomic mass is 9.99. The highest BCUT2D eigenvalue weighted by Crippen LogP contribution is 2.24. The van der Waals surface area contributed by atoms with Crippen molar-refractivity contribution in [3.63, 3.8) is 0 Å². The molecule has 0 radical (unpaired) electrons. The molecule has 0 saturated carbocycles. The van der Waals surface area contributed by atoms with E-state index < -0.39 is 29.6 Å². The molecular weight excluding hydrogens is 438 g/mol. The molecule has 0 bridgehead atoms. The maximum absolute atomic E-state index is 13.4. The maximum atomic E-state index is 13.4. The second kappa shape index (κ2) is 12.4. The third kappa shape index (κ3) is 7.04. The summed E-state index contributed by atoms with van der Waals surface area (Å²) in [6.45, 7) is 2.83. The summed E-state index contributed by atoms with van der Waals surface area (Å²) in [5.74, 6) is -2.64. The Bertz CT molecular complexity index is 995. The zero-order chi connectivity index (χ0) is 25.1. The molecule has 0 aliphatic rings. The summed E-state index contributed by atoms with van der Waals surface area (Å²) < 4.78 is 5.68. The summed E-state index contributed by atoms with van der Waals surface area (Å²) in [6.07, 6.45) is -1.06. The minimum absolute atomic E-state index is 0.0976. The highest BCUT2D eigenvalue weighted by Gasteiger charge is 2.49. The number of para-hydroxylation sites is 1. The van der Waals surface area contributed by atoms with Gasteiger partial charge in [0.15, 0.2) is 17.7 Å². The maximum Gasteiger partial charge on any atom is 0.345 e. The number of hydrogen-bond acceptors (Lipinski definition) is 6. The van der Waals surface area contributed by atoms with Crippen molar-refractivity contribution >= 4 is 23.7 Å². The average molecular weight is 470 g/mol. The lowest BCUT2D eigenvalue weighted by Gasteiger charge is -2.40. The van der Waals surface area contributed by atoms with Gasteiger partial charge in [-0.15, -0.1) is 0 Å². The molecule has 10 nitrogen and oxygen atoms in total. The number of carbonyl (C=O) groups excluding carboxylic acids is 2. The van der Waals surface area contributed by atoms with Crippen LogP contribution in [0.25, 0.3) is 0 Å². The highest BCUT2D eigenvalue weighted by atomic mass is 16.5. The van der Waals surface area contributed by atoms with Gasteiger partial charge in [-0.1, -0.05) is 48.5 Å². The smallest absolute Gasteiger partial charge is 0.345 e. The second-order valence-corrected chi connectivity index (χ2v) is 7.68. The van der Waals surface area contributed by atoms with E-state index in [1.165, 1.54) is 6.92 Å². The van der Waals surface area contributed by atoms with Crippen LogP contribution in [-0.2, 0) is 20.9 Å². The first-order chi connectivity index (χ1) is 16.2. The van der Waals surface area contributed by atoms with Crippen LogP contribution in [0, 0.1) is 0 Å². The van der Waals surface area contributed by atoms with Crippen LogP contribution in [0.3, 0.4) is 0 Å². The molecule has 0 aromatic heterocycles. The minimum Gasteiger partial charge on any atom is -0.481 e. The van der Waals surface area contributed by atoms with Crippen molar-refractivity contribution in [2.24, 2.45) is 16.5 Å². The molecule has 1 unspecified atom stereocenters. The van der Waals surface area contributed by atoms with Gasteiger partial charge in [-0.3, -0.25) is 19.9 Å². The number of aliphatic carboxylic acids is 1. The number of carbonyl (C=O) groups is 3. The van der Waals surface area contributed by atoms with Gasteiger partial charge in [0, 0.05) is 20.0 Å². The quantitative estimate of drug-likeness (QED) is 0.157. The Morgan fingerprint density at radius 2 is 1.68 bits per heavy atom. The Morgan fingerprint density at radius 3 is 2.21 bits per heavy atom. The number of nitrogens with two attached hydrogens (primary N) is 2. The van der Waals surface area contributed by atoms with Gasteiger partial charge in [-0.2, -0.15) is 0 Å². The molecule has 2 aromatic carbocycles. The van der Waals surface area contributed by atoms with Crippen LogP contribution in [0.15, 0.2) is 65.7 Å². The Labute approximate surface area is 198 Å². The zero-order valence-electron chi connectivity index (χ0n) is 19.3. The average Bonchev–Trinajstić information content (AvgIpc) is 2.80. The summed E-state index contributed by atoms with van der Waals surface area (Å²) in [5.41, 5.74) is 9.46. The Morgan fingerprint density at radius 1 is 1.09 bits per heavy atom. The van der Waals surface area contributed by atoms with Gasteiger partial charge in [0.1, 0.15) is 5.75 Å². The number of amides is 2. The Kier molecular flexibility index (Phi) is 9.57. The standard InChI is InChI=1S/C24H31N5O5/c1-17(34-20-12-7-4-8-13-20)21(31)29(18(2)30)24(22(32)33,14-9-15-27-23(25)26)28-16-19-10-5-3-6-11-19/h3-8,10-13,17,28H,9,14-16H2,1-2H3,(H,32,33)(H4,25,26,27)/t17?,24-/m0/s1. The van der Waals surface area contributed by atoms with Crippen molar-refractivity contribution in [1.82, 2.24) is 10.2 Å². The van der Waals surface area contributed by atoms with E-state index in [1.807, 2.05) is 18.2 Å². The first kappa shape index (κ1) is 26.3. The molecular formula is C24H31N5O5. The monoisotopic (exact) mass is 469 g/mol. The summed E-state index contributed by atoms with van der Waals surface area (Å²) in [4.78, 5) is 43.4. The first-order valence-electron chi connectivity index (χ1n) is 10.8. The summed E-state index contributed by atoms with van der Waals surface area (Å²) in [6, 6.07) is 17.6.